The lowest BCUT2D eigenvalue weighted by atomic mass is 9.84. The molecule has 4 fully saturated rings. The highest BCUT2D eigenvalue weighted by Crippen LogP contribution is 2.49. The molecule has 0 aromatic rings. The van der Waals surface area contributed by atoms with E-state index in [4.69, 9.17) is 46.9 Å². The largest absolute Gasteiger partial charge is 0.472 e. The fraction of sp³-hybridized carbons (Fsp3) is 0.905. The molecule has 0 radical (unpaired) electrons. The van der Waals surface area contributed by atoms with E-state index >= 15 is 0 Å². The Kier molecular flexibility index (Phi) is 40.5. The van der Waals surface area contributed by atoms with Crippen LogP contribution in [0.3, 0.4) is 0 Å². The lowest BCUT2D eigenvalue weighted by Gasteiger charge is -2.49. The van der Waals surface area contributed by atoms with Crippen molar-refractivity contribution in [3.63, 3.8) is 0 Å². The van der Waals surface area contributed by atoms with Gasteiger partial charge in [0.05, 0.1) is 26.4 Å². The van der Waals surface area contributed by atoms with E-state index < -0.39 is 188 Å². The summed E-state index contributed by atoms with van der Waals surface area (Å²) in [6.07, 6.45) is -9.87. The predicted octanol–water partition coefficient (Wildman–Crippen LogP) is 2.31. The van der Waals surface area contributed by atoms with Crippen LogP contribution in [0.2, 0.25) is 0 Å². The summed E-state index contributed by atoms with van der Waals surface area (Å²) in [4.78, 5) is 38.0. The molecule has 0 bridgehead atoms. The second-order valence-electron chi connectivity index (χ2n) is 24.7. The highest BCUT2D eigenvalue weighted by atomic mass is 31.2. The van der Waals surface area contributed by atoms with Crippen molar-refractivity contribution in [1.29, 1.82) is 0 Å². The summed E-state index contributed by atoms with van der Waals surface area (Å²) in [6.45, 7) is 0.0327. The van der Waals surface area contributed by atoms with Crippen molar-refractivity contribution < 1.29 is 137 Å². The van der Waals surface area contributed by atoms with Gasteiger partial charge in [-0.3, -0.25) is 18.6 Å². The molecule has 0 aromatic carbocycles. The maximum Gasteiger partial charge on any atom is 0.472 e. The van der Waals surface area contributed by atoms with Gasteiger partial charge in [-0.15, -0.1) is 0 Å². The van der Waals surface area contributed by atoms with Crippen LogP contribution in [0, 0.1) is 0 Å². The average Bonchev–Trinajstić information content (AvgIpc) is 0.800. The number of esters is 2. The van der Waals surface area contributed by atoms with E-state index in [1.165, 1.54) is 77.0 Å². The maximum absolute atomic E-state index is 14.3. The number of rotatable bonds is 47. The minimum absolute atomic E-state index is 0.00354. The van der Waals surface area contributed by atoms with Gasteiger partial charge in [0.1, 0.15) is 116 Å². The van der Waals surface area contributed by atoms with E-state index in [0.717, 1.165) is 70.6 Å². The summed E-state index contributed by atoms with van der Waals surface area (Å²) < 4.78 is 69.9. The van der Waals surface area contributed by atoms with Gasteiger partial charge < -0.3 is 114 Å². The fourth-order valence-corrected chi connectivity index (χ4v) is 12.3. The van der Waals surface area contributed by atoms with E-state index in [1.807, 2.05) is 0 Å². The third-order valence-electron chi connectivity index (χ3n) is 17.1. The highest BCUT2D eigenvalue weighted by Gasteiger charge is 2.58. The molecule has 15 N–H and O–H groups in total. The van der Waals surface area contributed by atoms with Gasteiger partial charge in [0.15, 0.2) is 25.0 Å². The molecule has 28 nitrogen and oxygen atoms in total. The Morgan fingerprint density at radius 1 is 0.435 bits per heavy atom. The van der Waals surface area contributed by atoms with Crippen molar-refractivity contribution in [2.45, 2.75) is 328 Å². The van der Waals surface area contributed by atoms with E-state index in [-0.39, 0.29) is 12.8 Å². The standard InChI is InChI=1S/C63H113O28P/c1-3-5-7-9-11-13-15-17-19-21-23-25-27-29-31-33-44(66)82-37-40(85-45(67)34-32-30-28-26-24-22-20-18-16-14-12-10-8-6-4-2)38-84-92(80,81)91-60-58(89-62-56(78)50(72)47(69)42(36-65)87-62)53(75)52(74)54(76)59(60)90-63-57(79)51(73)48(70)43(88-63)39-83-61-55(77)49(71)46(68)41(35-64)86-61/h11,13,17,19,40-43,46-65,68-79H,3-10,12,14-16,18,20-39H2,1-2H3,(H,80,81)/b13-11-,19-17-/t40-,41?,42?,43?,46+,47-,48+,49?,50?,51?,52+,53?,54?,55+,56-,57+,58-,59?,60+,61-,62-,63+/m1/s1. The number of unbranched alkanes of at least 4 members (excludes halogenated alkanes) is 22. The molecule has 23 atom stereocenters. The number of carbonyl (C=O) groups is 2. The third kappa shape index (κ3) is 28.3. The first kappa shape index (κ1) is 82.2. The van der Waals surface area contributed by atoms with Crippen LogP contribution in [-0.4, -0.2) is 256 Å². The molecular weight excluding hydrogens is 1240 g/mol. The molecule has 10 unspecified atom stereocenters. The van der Waals surface area contributed by atoms with Crippen LogP contribution in [0.25, 0.3) is 0 Å². The molecule has 0 amide bonds. The molecule has 4 aliphatic rings. The van der Waals surface area contributed by atoms with Gasteiger partial charge in [-0.25, -0.2) is 4.57 Å². The summed E-state index contributed by atoms with van der Waals surface area (Å²) >= 11 is 0. The first-order valence-electron chi connectivity index (χ1n) is 33.7. The van der Waals surface area contributed by atoms with Crippen molar-refractivity contribution in [2.75, 3.05) is 33.0 Å². The summed E-state index contributed by atoms with van der Waals surface area (Å²) in [5.41, 5.74) is 0. The number of phosphoric acid groups is 1. The summed E-state index contributed by atoms with van der Waals surface area (Å²) in [7, 11) is -5.76. The number of hydrogen-bond donors (Lipinski definition) is 15. The minimum atomic E-state index is -5.76. The molecule has 3 heterocycles. The lowest BCUT2D eigenvalue weighted by molar-refractivity contribution is -0.364. The monoisotopic (exact) mass is 1350 g/mol. The van der Waals surface area contributed by atoms with Crippen LogP contribution in [0.4, 0.5) is 0 Å². The zero-order valence-electron chi connectivity index (χ0n) is 53.8. The predicted molar refractivity (Wildman–Crippen MR) is 328 cm³/mol. The van der Waals surface area contributed by atoms with Crippen molar-refractivity contribution >= 4 is 19.8 Å². The normalized spacial score (nSPS) is 33.9. The van der Waals surface area contributed by atoms with Crippen LogP contribution >= 0.6 is 7.82 Å². The van der Waals surface area contributed by atoms with Gasteiger partial charge in [0, 0.05) is 12.8 Å². The molecule has 1 saturated carbocycles. The van der Waals surface area contributed by atoms with Crippen LogP contribution in [0.1, 0.15) is 194 Å². The summed E-state index contributed by atoms with van der Waals surface area (Å²) in [6, 6.07) is 0. The zero-order valence-corrected chi connectivity index (χ0v) is 54.7. The summed E-state index contributed by atoms with van der Waals surface area (Å²) in [5.74, 6) is -1.41. The zero-order chi connectivity index (χ0) is 67.6. The lowest BCUT2D eigenvalue weighted by Crippen LogP contribution is -2.69. The Hall–Kier alpha value is -2.27. The molecule has 3 aliphatic heterocycles. The Morgan fingerprint density at radius 2 is 0.815 bits per heavy atom. The van der Waals surface area contributed by atoms with E-state index in [2.05, 4.69) is 38.2 Å². The number of aliphatic hydroxyl groups is 14. The third-order valence-corrected chi connectivity index (χ3v) is 18.1. The van der Waals surface area contributed by atoms with Crippen LogP contribution in [0.5, 0.6) is 0 Å². The molecular formula is C63H113O28P. The van der Waals surface area contributed by atoms with E-state index in [0.29, 0.717) is 19.3 Å². The molecule has 0 aromatic heterocycles. The highest BCUT2D eigenvalue weighted by molar-refractivity contribution is 7.47. The van der Waals surface area contributed by atoms with E-state index in [9.17, 15) is 90.5 Å². The van der Waals surface area contributed by atoms with Gasteiger partial charge in [-0.1, -0.05) is 160 Å². The Balaban J connectivity index is 1.47. The fourth-order valence-electron chi connectivity index (χ4n) is 11.4. The first-order chi connectivity index (χ1) is 44.1. The van der Waals surface area contributed by atoms with Gasteiger partial charge in [0.2, 0.25) is 0 Å². The molecule has 92 heavy (non-hydrogen) atoms. The molecule has 1 aliphatic carbocycles. The SMILES string of the molecule is CCCCC/C=C\C/C=C\CCCCCCCC(=O)OC[C@H](COP(=O)(O)O[C@@H]1C(O[C@@H]2OC(CO[C@@H]3OC(CO)[C@H](O)C(O)[C@@H]3O)[C@H](O)C(O)[C@@H]2O)C(O)[C@@H](O)C(O)[C@H]1O[C@H]1OC(CO)[C@@H](O)C(O)[C@H]1O)OC(=O)CCCCCCCCCCCCCCCCC. The Bertz CT molecular complexity index is 2080. The van der Waals surface area contributed by atoms with Gasteiger partial charge in [-0.05, 0) is 44.9 Å². The van der Waals surface area contributed by atoms with Gasteiger partial charge >= 0.3 is 19.8 Å². The minimum Gasteiger partial charge on any atom is -0.462 e. The molecule has 3 saturated heterocycles. The quantitative estimate of drug-likeness (QED) is 0.0180. The number of phosphoric ester groups is 1. The Labute approximate surface area is 541 Å². The molecule has 29 heteroatoms. The number of aliphatic hydroxyl groups excluding tert-OH is 14. The summed E-state index contributed by atoms with van der Waals surface area (Å²) in [5, 5.41) is 150. The number of allylic oxidation sites excluding steroid dienone is 4. The maximum atomic E-state index is 14.3. The van der Waals surface area contributed by atoms with Gasteiger partial charge in [0.25, 0.3) is 0 Å². The number of carbonyl (C=O) groups excluding carboxylic acids is 2. The number of ether oxygens (including phenoxy) is 8. The van der Waals surface area contributed by atoms with Crippen LogP contribution in [0.15, 0.2) is 24.3 Å². The van der Waals surface area contributed by atoms with Gasteiger partial charge in [-0.2, -0.15) is 0 Å². The molecule has 4 rings (SSSR count). The number of hydrogen-bond acceptors (Lipinski definition) is 27. The first-order valence-corrected chi connectivity index (χ1v) is 35.2. The topological polar surface area (TPSA) is 447 Å². The Morgan fingerprint density at radius 3 is 1.29 bits per heavy atom. The van der Waals surface area contributed by atoms with Crippen molar-refractivity contribution in [3.8, 4) is 0 Å². The van der Waals surface area contributed by atoms with Crippen LogP contribution in [-0.2, 0) is 61.1 Å². The van der Waals surface area contributed by atoms with Crippen molar-refractivity contribution in [1.82, 2.24) is 0 Å². The van der Waals surface area contributed by atoms with E-state index in [1.54, 1.807) is 0 Å². The van der Waals surface area contributed by atoms with Crippen LogP contribution < -0.4 is 0 Å². The second kappa shape index (κ2) is 45.3. The van der Waals surface area contributed by atoms with Crippen molar-refractivity contribution in [3.05, 3.63) is 24.3 Å². The molecule has 0 spiro atoms. The average molecular weight is 1350 g/mol. The smallest absolute Gasteiger partial charge is 0.462 e. The molecule has 538 valence electrons. The van der Waals surface area contributed by atoms with Crippen molar-refractivity contribution in [2.24, 2.45) is 0 Å². The second-order valence-corrected chi connectivity index (χ2v) is 26.1.